The number of hydrogen-bond donors (Lipinski definition) is 2. The summed E-state index contributed by atoms with van der Waals surface area (Å²) in [5.41, 5.74) is 2.11. The molecular weight excluding hydrogens is 202 g/mol. The Balaban J connectivity index is 1.85. The summed E-state index contributed by atoms with van der Waals surface area (Å²) in [5, 5.41) is 6.60. The van der Waals surface area contributed by atoms with Gasteiger partial charge < -0.3 is 15.4 Å². The first-order valence-electron chi connectivity index (χ1n) is 5.93. The van der Waals surface area contributed by atoms with E-state index in [2.05, 4.69) is 28.6 Å². The van der Waals surface area contributed by atoms with E-state index in [1.165, 1.54) is 6.42 Å². The Morgan fingerprint density at radius 2 is 2.19 bits per heavy atom. The molecule has 0 saturated carbocycles. The average molecular weight is 221 g/mol. The Bertz CT molecular complexity index is 324. The third kappa shape index (κ3) is 3.10. The fraction of sp³-hybridized carbons (Fsp3) is 0.583. The number of pyridine rings is 1. The molecule has 0 radical (unpaired) electrons. The van der Waals surface area contributed by atoms with Crippen molar-refractivity contribution in [3.05, 3.63) is 18.5 Å². The molecule has 2 heterocycles. The fourth-order valence-electron chi connectivity index (χ4n) is 1.87. The molecule has 1 atom stereocenters. The van der Waals surface area contributed by atoms with Gasteiger partial charge in [-0.1, -0.05) is 0 Å². The van der Waals surface area contributed by atoms with Crippen LogP contribution in [0.3, 0.4) is 0 Å². The van der Waals surface area contributed by atoms with Crippen LogP contribution in [0.25, 0.3) is 0 Å². The van der Waals surface area contributed by atoms with Crippen LogP contribution in [-0.4, -0.2) is 30.8 Å². The molecule has 2 rings (SSSR count). The molecule has 1 aliphatic heterocycles. The van der Waals surface area contributed by atoms with Crippen molar-refractivity contribution in [1.29, 1.82) is 0 Å². The maximum Gasteiger partial charge on any atom is 0.0748 e. The number of rotatable bonds is 5. The monoisotopic (exact) mass is 221 g/mol. The van der Waals surface area contributed by atoms with Gasteiger partial charge in [0.25, 0.3) is 0 Å². The highest BCUT2D eigenvalue weighted by atomic mass is 16.5. The van der Waals surface area contributed by atoms with Gasteiger partial charge in [0, 0.05) is 19.7 Å². The van der Waals surface area contributed by atoms with E-state index in [1.54, 1.807) is 0 Å². The predicted octanol–water partition coefficient (Wildman–Crippen LogP) is 2.10. The number of nitrogens with one attached hydrogen (secondary N) is 2. The van der Waals surface area contributed by atoms with Crippen molar-refractivity contribution in [3.63, 3.8) is 0 Å². The summed E-state index contributed by atoms with van der Waals surface area (Å²) in [6.45, 7) is 4.77. The van der Waals surface area contributed by atoms with Gasteiger partial charge in [0.2, 0.25) is 0 Å². The molecule has 1 aromatic rings. The van der Waals surface area contributed by atoms with Crippen LogP contribution in [0.15, 0.2) is 18.5 Å². The summed E-state index contributed by atoms with van der Waals surface area (Å²) in [7, 11) is 0. The van der Waals surface area contributed by atoms with E-state index < -0.39 is 0 Å². The lowest BCUT2D eigenvalue weighted by atomic mass is 10.2. The quantitative estimate of drug-likeness (QED) is 0.799. The van der Waals surface area contributed by atoms with Crippen LogP contribution in [0.2, 0.25) is 0 Å². The van der Waals surface area contributed by atoms with E-state index in [4.69, 9.17) is 4.74 Å². The number of aromatic nitrogens is 1. The smallest absolute Gasteiger partial charge is 0.0748 e. The number of anilines is 2. The van der Waals surface area contributed by atoms with Crippen molar-refractivity contribution < 1.29 is 4.74 Å². The summed E-state index contributed by atoms with van der Waals surface area (Å²) < 4.78 is 5.55. The fourth-order valence-corrected chi connectivity index (χ4v) is 1.87. The Morgan fingerprint density at radius 1 is 1.38 bits per heavy atom. The summed E-state index contributed by atoms with van der Waals surface area (Å²) in [6.07, 6.45) is 6.38. The molecule has 0 amide bonds. The topological polar surface area (TPSA) is 46.2 Å². The molecule has 1 fully saturated rings. The first-order chi connectivity index (χ1) is 7.88. The van der Waals surface area contributed by atoms with Gasteiger partial charge in [-0.3, -0.25) is 4.98 Å². The lowest BCUT2D eigenvalue weighted by Gasteiger charge is -2.12. The zero-order chi connectivity index (χ0) is 11.2. The molecule has 1 aromatic heterocycles. The summed E-state index contributed by atoms with van der Waals surface area (Å²) in [6, 6.07) is 2.07. The highest BCUT2D eigenvalue weighted by Crippen LogP contribution is 2.15. The van der Waals surface area contributed by atoms with Gasteiger partial charge in [0.15, 0.2) is 0 Å². The molecule has 0 spiro atoms. The molecule has 4 nitrogen and oxygen atoms in total. The predicted molar refractivity (Wildman–Crippen MR) is 65.9 cm³/mol. The molecule has 0 bridgehead atoms. The van der Waals surface area contributed by atoms with Gasteiger partial charge in [-0.25, -0.2) is 0 Å². The Kier molecular flexibility index (Phi) is 3.99. The third-order valence-corrected chi connectivity index (χ3v) is 2.68. The second-order valence-electron chi connectivity index (χ2n) is 4.01. The van der Waals surface area contributed by atoms with E-state index in [1.807, 2.05) is 12.4 Å². The summed E-state index contributed by atoms with van der Waals surface area (Å²) >= 11 is 0. The van der Waals surface area contributed by atoms with Gasteiger partial charge in [0.1, 0.15) is 0 Å². The van der Waals surface area contributed by atoms with Crippen molar-refractivity contribution >= 4 is 11.4 Å². The summed E-state index contributed by atoms with van der Waals surface area (Å²) in [4.78, 5) is 4.18. The van der Waals surface area contributed by atoms with Crippen LogP contribution in [0.4, 0.5) is 11.4 Å². The zero-order valence-corrected chi connectivity index (χ0v) is 9.70. The van der Waals surface area contributed by atoms with Crippen molar-refractivity contribution in [2.45, 2.75) is 25.9 Å². The molecule has 0 aliphatic carbocycles. The van der Waals surface area contributed by atoms with Crippen molar-refractivity contribution in [3.8, 4) is 0 Å². The van der Waals surface area contributed by atoms with Crippen LogP contribution in [0, 0.1) is 0 Å². The van der Waals surface area contributed by atoms with E-state index in [-0.39, 0.29) is 0 Å². The van der Waals surface area contributed by atoms with Gasteiger partial charge in [-0.05, 0) is 25.8 Å². The largest absolute Gasteiger partial charge is 0.384 e. The number of hydrogen-bond acceptors (Lipinski definition) is 4. The molecule has 1 aliphatic rings. The van der Waals surface area contributed by atoms with Crippen LogP contribution in [-0.2, 0) is 4.74 Å². The number of ether oxygens (including phenoxy) is 1. The highest BCUT2D eigenvalue weighted by molar-refractivity contribution is 5.53. The minimum atomic E-state index is 0.364. The van der Waals surface area contributed by atoms with Crippen molar-refractivity contribution in [2.75, 3.05) is 30.3 Å². The molecule has 0 aromatic carbocycles. The molecular formula is C12H19N3O. The zero-order valence-electron chi connectivity index (χ0n) is 9.70. The minimum absolute atomic E-state index is 0.364. The van der Waals surface area contributed by atoms with Crippen molar-refractivity contribution in [2.24, 2.45) is 0 Å². The van der Waals surface area contributed by atoms with Crippen molar-refractivity contribution in [1.82, 2.24) is 4.98 Å². The normalized spacial score (nSPS) is 19.7. The maximum absolute atomic E-state index is 5.55. The highest BCUT2D eigenvalue weighted by Gasteiger charge is 2.14. The SMILES string of the molecule is CCNc1cncc(NCC2CCCO2)c1. The molecule has 2 N–H and O–H groups in total. The van der Waals surface area contributed by atoms with E-state index in [0.29, 0.717) is 6.10 Å². The Labute approximate surface area is 96.4 Å². The van der Waals surface area contributed by atoms with Crippen LogP contribution >= 0.6 is 0 Å². The van der Waals surface area contributed by atoms with Gasteiger partial charge in [0.05, 0.1) is 29.9 Å². The van der Waals surface area contributed by atoms with Crippen LogP contribution in [0.5, 0.6) is 0 Å². The minimum Gasteiger partial charge on any atom is -0.384 e. The molecule has 88 valence electrons. The summed E-state index contributed by atoms with van der Waals surface area (Å²) in [5.74, 6) is 0. The molecule has 16 heavy (non-hydrogen) atoms. The van der Waals surface area contributed by atoms with Gasteiger partial charge in [-0.2, -0.15) is 0 Å². The number of nitrogens with zero attached hydrogens (tertiary/aromatic N) is 1. The van der Waals surface area contributed by atoms with E-state index in [0.717, 1.165) is 37.5 Å². The van der Waals surface area contributed by atoms with Gasteiger partial charge >= 0.3 is 0 Å². The average Bonchev–Trinajstić information content (AvgIpc) is 2.80. The van der Waals surface area contributed by atoms with Gasteiger partial charge in [-0.15, -0.1) is 0 Å². The third-order valence-electron chi connectivity index (χ3n) is 2.68. The molecule has 1 unspecified atom stereocenters. The lowest BCUT2D eigenvalue weighted by Crippen LogP contribution is -2.18. The maximum atomic E-state index is 5.55. The Hall–Kier alpha value is -1.29. The van der Waals surface area contributed by atoms with Crippen LogP contribution < -0.4 is 10.6 Å². The van der Waals surface area contributed by atoms with Crippen LogP contribution in [0.1, 0.15) is 19.8 Å². The lowest BCUT2D eigenvalue weighted by molar-refractivity contribution is 0.120. The Morgan fingerprint density at radius 3 is 2.88 bits per heavy atom. The second-order valence-corrected chi connectivity index (χ2v) is 4.01. The van der Waals surface area contributed by atoms with E-state index in [9.17, 15) is 0 Å². The standard InChI is InChI=1S/C12H19N3O/c1-2-14-10-6-11(8-13-7-10)15-9-12-4-3-5-16-12/h6-8,12,14-15H,2-5,9H2,1H3. The molecule has 4 heteroatoms. The second kappa shape index (κ2) is 5.70. The molecule has 1 saturated heterocycles. The van der Waals surface area contributed by atoms with E-state index >= 15 is 0 Å². The first kappa shape index (κ1) is 11.2. The first-order valence-corrected chi connectivity index (χ1v) is 5.93.